The van der Waals surface area contributed by atoms with E-state index in [-0.39, 0.29) is 11.9 Å². The molecular weight excluding hydrogens is 268 g/mol. The third-order valence-corrected chi connectivity index (χ3v) is 3.68. The highest BCUT2D eigenvalue weighted by atomic mass is 16.3. The Bertz CT molecular complexity index is 639. The Morgan fingerprint density at radius 3 is 3.05 bits per heavy atom. The van der Waals surface area contributed by atoms with Gasteiger partial charge in [-0.15, -0.1) is 0 Å². The van der Waals surface area contributed by atoms with Gasteiger partial charge < -0.3 is 14.6 Å². The quantitative estimate of drug-likeness (QED) is 0.938. The number of aryl methyl sites for hydroxylation is 1. The number of anilines is 1. The van der Waals surface area contributed by atoms with Crippen molar-refractivity contribution in [2.45, 2.75) is 25.8 Å². The highest BCUT2D eigenvalue weighted by Crippen LogP contribution is 2.33. The zero-order chi connectivity index (χ0) is 14.8. The zero-order valence-corrected chi connectivity index (χ0v) is 12.2. The average molecular weight is 286 g/mol. The van der Waals surface area contributed by atoms with Gasteiger partial charge in [-0.05, 0) is 38.0 Å². The number of carbonyl (C=O) groups is 1. The van der Waals surface area contributed by atoms with Gasteiger partial charge in [-0.25, -0.2) is 9.97 Å². The smallest absolute Gasteiger partial charge is 0.273 e. The van der Waals surface area contributed by atoms with E-state index in [0.29, 0.717) is 11.6 Å². The fourth-order valence-electron chi connectivity index (χ4n) is 2.72. The van der Waals surface area contributed by atoms with Crippen molar-refractivity contribution in [2.75, 3.05) is 18.9 Å². The van der Waals surface area contributed by atoms with Crippen LogP contribution in [0.1, 0.15) is 40.8 Å². The molecule has 1 saturated heterocycles. The minimum Gasteiger partial charge on any atom is -0.467 e. The molecule has 3 rings (SSSR count). The molecule has 0 bridgehead atoms. The van der Waals surface area contributed by atoms with Crippen LogP contribution in [-0.4, -0.2) is 34.4 Å². The summed E-state index contributed by atoms with van der Waals surface area (Å²) in [6.45, 7) is 2.58. The molecule has 21 heavy (non-hydrogen) atoms. The molecule has 1 aliphatic rings. The molecule has 3 heterocycles. The first-order chi connectivity index (χ1) is 10.2. The van der Waals surface area contributed by atoms with Gasteiger partial charge in [0.05, 0.1) is 12.3 Å². The second kappa shape index (κ2) is 5.55. The largest absolute Gasteiger partial charge is 0.467 e. The third kappa shape index (κ3) is 2.61. The maximum atomic E-state index is 12.7. The number of amides is 1. The van der Waals surface area contributed by atoms with Crippen LogP contribution in [0.5, 0.6) is 0 Å². The molecule has 1 aliphatic heterocycles. The van der Waals surface area contributed by atoms with Gasteiger partial charge in [0, 0.05) is 19.3 Å². The molecule has 1 amide bonds. The van der Waals surface area contributed by atoms with Gasteiger partial charge in [-0.3, -0.25) is 4.79 Å². The van der Waals surface area contributed by atoms with E-state index in [0.717, 1.165) is 30.8 Å². The van der Waals surface area contributed by atoms with Gasteiger partial charge in [-0.1, -0.05) is 0 Å². The Hall–Kier alpha value is -2.37. The van der Waals surface area contributed by atoms with Crippen LogP contribution in [0.15, 0.2) is 28.9 Å². The first kappa shape index (κ1) is 13.6. The molecular formula is C15H18N4O2. The lowest BCUT2D eigenvalue weighted by molar-refractivity contribution is 0.0714. The molecule has 0 spiro atoms. The number of hydrogen-bond donors (Lipinski definition) is 1. The van der Waals surface area contributed by atoms with E-state index in [1.807, 2.05) is 24.0 Å². The predicted molar refractivity (Wildman–Crippen MR) is 78.0 cm³/mol. The highest BCUT2D eigenvalue weighted by molar-refractivity contribution is 5.93. The molecule has 0 aliphatic carbocycles. The highest BCUT2D eigenvalue weighted by Gasteiger charge is 2.33. The van der Waals surface area contributed by atoms with E-state index in [4.69, 9.17) is 4.42 Å². The van der Waals surface area contributed by atoms with Gasteiger partial charge in [0.1, 0.15) is 11.5 Å². The SMILES string of the molecule is CNc1nc(C)cc(C(=O)N2CCC[C@@H]2c2ccco2)n1. The predicted octanol–water partition coefficient (Wildman–Crippen LogP) is 2.40. The fraction of sp³-hybridized carbons (Fsp3) is 0.400. The Balaban J connectivity index is 1.89. The number of carbonyl (C=O) groups excluding carboxylic acids is 1. The summed E-state index contributed by atoms with van der Waals surface area (Å²) in [5.74, 6) is 1.23. The van der Waals surface area contributed by atoms with E-state index in [1.165, 1.54) is 0 Å². The molecule has 1 atom stereocenters. The topological polar surface area (TPSA) is 71.3 Å². The van der Waals surface area contributed by atoms with Crippen molar-refractivity contribution in [2.24, 2.45) is 0 Å². The molecule has 110 valence electrons. The van der Waals surface area contributed by atoms with E-state index in [2.05, 4.69) is 15.3 Å². The molecule has 0 unspecified atom stereocenters. The second-order valence-corrected chi connectivity index (χ2v) is 5.14. The summed E-state index contributed by atoms with van der Waals surface area (Å²) < 4.78 is 5.46. The number of aromatic nitrogens is 2. The second-order valence-electron chi connectivity index (χ2n) is 5.14. The van der Waals surface area contributed by atoms with E-state index in [9.17, 15) is 4.79 Å². The number of likely N-dealkylation sites (tertiary alicyclic amines) is 1. The number of rotatable bonds is 3. The minimum absolute atomic E-state index is 0.000747. The summed E-state index contributed by atoms with van der Waals surface area (Å²) >= 11 is 0. The normalized spacial score (nSPS) is 18.0. The molecule has 0 saturated carbocycles. The van der Waals surface area contributed by atoms with Crippen molar-refractivity contribution in [3.8, 4) is 0 Å². The lowest BCUT2D eigenvalue weighted by Crippen LogP contribution is -2.31. The lowest BCUT2D eigenvalue weighted by Gasteiger charge is -2.23. The van der Waals surface area contributed by atoms with Crippen LogP contribution in [0.3, 0.4) is 0 Å². The molecule has 6 nitrogen and oxygen atoms in total. The minimum atomic E-state index is -0.0732. The van der Waals surface area contributed by atoms with Crippen molar-refractivity contribution in [3.05, 3.63) is 41.6 Å². The van der Waals surface area contributed by atoms with Gasteiger partial charge >= 0.3 is 0 Å². The third-order valence-electron chi connectivity index (χ3n) is 3.68. The first-order valence-electron chi connectivity index (χ1n) is 7.07. The standard InChI is InChI=1S/C15H18N4O2/c1-10-9-11(18-15(16-2)17-10)14(20)19-7-3-5-12(19)13-6-4-8-21-13/h4,6,8-9,12H,3,5,7H2,1-2H3,(H,16,17,18)/t12-/m1/s1. The summed E-state index contributed by atoms with van der Waals surface area (Å²) in [4.78, 5) is 23.1. The lowest BCUT2D eigenvalue weighted by atomic mass is 10.1. The van der Waals surface area contributed by atoms with Crippen molar-refractivity contribution in [1.29, 1.82) is 0 Å². The molecule has 0 aromatic carbocycles. The molecule has 6 heteroatoms. The number of hydrogen-bond acceptors (Lipinski definition) is 5. The first-order valence-corrected chi connectivity index (χ1v) is 7.07. The van der Waals surface area contributed by atoms with Crippen LogP contribution in [0, 0.1) is 6.92 Å². The molecule has 1 fully saturated rings. The van der Waals surface area contributed by atoms with Crippen molar-refractivity contribution < 1.29 is 9.21 Å². The Morgan fingerprint density at radius 1 is 1.48 bits per heavy atom. The van der Waals surface area contributed by atoms with Crippen LogP contribution in [0.2, 0.25) is 0 Å². The van der Waals surface area contributed by atoms with Gasteiger partial charge in [-0.2, -0.15) is 0 Å². The molecule has 0 radical (unpaired) electrons. The van der Waals surface area contributed by atoms with Crippen LogP contribution in [0.25, 0.3) is 0 Å². The van der Waals surface area contributed by atoms with Crippen molar-refractivity contribution in [3.63, 3.8) is 0 Å². The maximum Gasteiger partial charge on any atom is 0.273 e. The summed E-state index contributed by atoms with van der Waals surface area (Å²) in [5, 5.41) is 2.88. The van der Waals surface area contributed by atoms with Crippen LogP contribution >= 0.6 is 0 Å². The van der Waals surface area contributed by atoms with Crippen LogP contribution < -0.4 is 5.32 Å². The summed E-state index contributed by atoms with van der Waals surface area (Å²) in [6.07, 6.45) is 3.53. The van der Waals surface area contributed by atoms with Crippen LogP contribution in [-0.2, 0) is 0 Å². The molecule has 2 aromatic heterocycles. The number of nitrogens with zero attached hydrogens (tertiary/aromatic N) is 3. The Morgan fingerprint density at radius 2 is 2.33 bits per heavy atom. The van der Waals surface area contributed by atoms with Crippen molar-refractivity contribution in [1.82, 2.24) is 14.9 Å². The number of furan rings is 1. The van der Waals surface area contributed by atoms with Crippen LogP contribution in [0.4, 0.5) is 5.95 Å². The van der Waals surface area contributed by atoms with Crippen molar-refractivity contribution >= 4 is 11.9 Å². The Kier molecular flexibility index (Phi) is 3.60. The summed E-state index contributed by atoms with van der Waals surface area (Å²) in [5.41, 5.74) is 1.19. The molecule has 1 N–H and O–H groups in total. The molecule has 2 aromatic rings. The zero-order valence-electron chi connectivity index (χ0n) is 12.2. The Labute approximate surface area is 123 Å². The van der Waals surface area contributed by atoms with E-state index >= 15 is 0 Å². The van der Waals surface area contributed by atoms with E-state index < -0.39 is 0 Å². The summed E-state index contributed by atoms with van der Waals surface area (Å²) in [7, 11) is 1.74. The van der Waals surface area contributed by atoms with Gasteiger partial charge in [0.2, 0.25) is 5.95 Å². The monoisotopic (exact) mass is 286 g/mol. The average Bonchev–Trinajstić information content (AvgIpc) is 3.16. The maximum absolute atomic E-state index is 12.7. The number of nitrogens with one attached hydrogen (secondary N) is 1. The summed E-state index contributed by atoms with van der Waals surface area (Å²) in [6, 6.07) is 5.49. The van der Waals surface area contributed by atoms with E-state index in [1.54, 1.807) is 19.4 Å². The van der Waals surface area contributed by atoms with Gasteiger partial charge in [0.15, 0.2) is 0 Å². The fourth-order valence-corrected chi connectivity index (χ4v) is 2.72. The van der Waals surface area contributed by atoms with Gasteiger partial charge in [0.25, 0.3) is 5.91 Å².